The summed E-state index contributed by atoms with van der Waals surface area (Å²) in [6.45, 7) is 5.54. The number of amides is 2. The largest absolute Gasteiger partial charge is 0.340 e. The van der Waals surface area contributed by atoms with Crippen LogP contribution < -0.4 is 11.1 Å². The van der Waals surface area contributed by atoms with Crippen LogP contribution in [0.1, 0.15) is 49.2 Å². The molecule has 5 rings (SSSR count). The number of hydrogen-bond donors (Lipinski definition) is 2. The summed E-state index contributed by atoms with van der Waals surface area (Å²) >= 11 is 0. The van der Waals surface area contributed by atoms with Crippen molar-refractivity contribution >= 4 is 33.4 Å². The summed E-state index contributed by atoms with van der Waals surface area (Å²) in [5.41, 5.74) is 7.58. The molecule has 226 valence electrons. The predicted octanol–water partition coefficient (Wildman–Crippen LogP) is 5.84. The molecule has 5 aromatic rings. The van der Waals surface area contributed by atoms with Crippen LogP contribution in [0.3, 0.4) is 0 Å². The average Bonchev–Trinajstić information content (AvgIpc) is 3.43. The number of nitrogens with zero attached hydrogens (tertiary/aromatic N) is 3. The summed E-state index contributed by atoms with van der Waals surface area (Å²) in [6, 6.07) is 27.1. The van der Waals surface area contributed by atoms with E-state index < -0.39 is 17.6 Å². The molecule has 8 nitrogen and oxygen atoms in total. The Bertz CT molecular complexity index is 1800. The van der Waals surface area contributed by atoms with Gasteiger partial charge in [0.25, 0.3) is 0 Å². The fourth-order valence-corrected chi connectivity index (χ4v) is 5.32. The summed E-state index contributed by atoms with van der Waals surface area (Å²) < 4.78 is 5.60. The van der Waals surface area contributed by atoms with Crippen molar-refractivity contribution in [3.8, 4) is 0 Å². The maximum absolute atomic E-state index is 14.3. The van der Waals surface area contributed by atoms with Gasteiger partial charge in [0, 0.05) is 25.4 Å². The van der Waals surface area contributed by atoms with Crippen molar-refractivity contribution in [1.29, 1.82) is 0 Å². The van der Waals surface area contributed by atoms with E-state index >= 15 is 0 Å². The first-order valence-corrected chi connectivity index (χ1v) is 14.8. The lowest BCUT2D eigenvalue weighted by molar-refractivity contribution is -0.137. The third-order valence-electron chi connectivity index (χ3n) is 7.67. The number of carbonyl (C=O) groups excluding carboxylic acids is 2. The van der Waals surface area contributed by atoms with E-state index in [1.165, 1.54) is 6.08 Å². The van der Waals surface area contributed by atoms with Crippen molar-refractivity contribution in [2.75, 3.05) is 7.05 Å². The van der Waals surface area contributed by atoms with Crippen molar-refractivity contribution in [3.05, 3.63) is 120 Å². The van der Waals surface area contributed by atoms with Crippen LogP contribution in [0.25, 0.3) is 21.5 Å². The van der Waals surface area contributed by atoms with E-state index in [1.807, 2.05) is 62.4 Å². The van der Waals surface area contributed by atoms with Crippen molar-refractivity contribution in [2.24, 2.45) is 5.73 Å². The molecule has 0 radical (unpaired) electrons. The van der Waals surface area contributed by atoms with Crippen LogP contribution in [-0.2, 0) is 22.4 Å². The van der Waals surface area contributed by atoms with E-state index in [0.717, 1.165) is 32.7 Å². The Morgan fingerprint density at radius 1 is 0.909 bits per heavy atom. The van der Waals surface area contributed by atoms with E-state index in [4.69, 9.17) is 10.3 Å². The molecular formula is C36H39N5O3. The van der Waals surface area contributed by atoms with Gasteiger partial charge in [-0.3, -0.25) is 9.59 Å². The number of aryl methyl sites for hydroxylation is 1. The van der Waals surface area contributed by atoms with Crippen LogP contribution in [0, 0.1) is 6.92 Å². The van der Waals surface area contributed by atoms with E-state index in [0.29, 0.717) is 31.0 Å². The lowest BCUT2D eigenvalue weighted by Crippen LogP contribution is -2.49. The number of likely N-dealkylation sites (N-methyl/N-ethyl adjacent to an activating group) is 1. The van der Waals surface area contributed by atoms with Gasteiger partial charge in [0.2, 0.25) is 17.7 Å². The standard InChI is InChI=1S/C36H39N5O3/c1-24-38-34(44-40-24)32(23-26-16-18-28-11-6-8-13-30(28)21-26)41(4)35(43)31(39-33(42)14-9-19-36(2,3)37)22-25-15-17-27-10-5-7-12-29(27)20-25/h5-18,20-21,31-32H,19,22-23,37H2,1-4H3,(H,39,42)/t31-,32-/m1/s1. The molecule has 44 heavy (non-hydrogen) atoms. The summed E-state index contributed by atoms with van der Waals surface area (Å²) in [6.07, 6.45) is 4.47. The van der Waals surface area contributed by atoms with E-state index in [-0.39, 0.29) is 11.8 Å². The molecule has 0 spiro atoms. The molecular weight excluding hydrogens is 550 g/mol. The average molecular weight is 590 g/mol. The predicted molar refractivity (Wildman–Crippen MR) is 174 cm³/mol. The van der Waals surface area contributed by atoms with Crippen LogP contribution >= 0.6 is 0 Å². The van der Waals surface area contributed by atoms with Gasteiger partial charge in [-0.2, -0.15) is 4.98 Å². The number of aromatic nitrogens is 2. The van der Waals surface area contributed by atoms with Gasteiger partial charge in [0.05, 0.1) is 0 Å². The number of carbonyl (C=O) groups is 2. The number of nitrogens with one attached hydrogen (secondary N) is 1. The molecule has 0 fully saturated rings. The Morgan fingerprint density at radius 3 is 2.02 bits per heavy atom. The lowest BCUT2D eigenvalue weighted by atomic mass is 9.98. The smallest absolute Gasteiger partial charge is 0.249 e. The first-order chi connectivity index (χ1) is 21.1. The lowest BCUT2D eigenvalue weighted by Gasteiger charge is -2.30. The van der Waals surface area contributed by atoms with Gasteiger partial charge < -0.3 is 20.5 Å². The zero-order chi connectivity index (χ0) is 31.3. The molecule has 0 aliphatic carbocycles. The Hall–Kier alpha value is -4.82. The first kappa shape index (κ1) is 30.6. The van der Waals surface area contributed by atoms with Crippen LogP contribution in [-0.4, -0.2) is 45.5 Å². The van der Waals surface area contributed by atoms with E-state index in [9.17, 15) is 9.59 Å². The summed E-state index contributed by atoms with van der Waals surface area (Å²) in [5.74, 6) is 0.202. The zero-order valence-electron chi connectivity index (χ0n) is 25.7. The maximum atomic E-state index is 14.3. The van der Waals surface area contributed by atoms with Crippen molar-refractivity contribution in [3.63, 3.8) is 0 Å². The molecule has 1 heterocycles. The monoisotopic (exact) mass is 589 g/mol. The molecule has 8 heteroatoms. The number of nitrogens with two attached hydrogens (primary N) is 1. The quantitative estimate of drug-likeness (QED) is 0.187. The van der Waals surface area contributed by atoms with Gasteiger partial charge in [-0.1, -0.05) is 96.2 Å². The zero-order valence-corrected chi connectivity index (χ0v) is 25.7. The molecule has 1 aromatic heterocycles. The molecule has 0 bridgehead atoms. The van der Waals surface area contributed by atoms with Crippen LogP contribution in [0.5, 0.6) is 0 Å². The Balaban J connectivity index is 1.44. The highest BCUT2D eigenvalue weighted by molar-refractivity contribution is 5.93. The normalized spacial score (nSPS) is 13.3. The van der Waals surface area contributed by atoms with E-state index in [2.05, 4.69) is 51.9 Å². The third kappa shape index (κ3) is 7.76. The molecule has 4 aromatic carbocycles. The maximum Gasteiger partial charge on any atom is 0.249 e. The van der Waals surface area contributed by atoms with Crippen molar-refractivity contribution < 1.29 is 14.1 Å². The van der Waals surface area contributed by atoms with Crippen molar-refractivity contribution in [2.45, 2.75) is 57.7 Å². The second kappa shape index (κ2) is 13.2. The van der Waals surface area contributed by atoms with E-state index in [1.54, 1.807) is 24.9 Å². The SMILES string of the molecule is Cc1noc([C@@H](Cc2ccc3ccccc3c2)N(C)C(=O)[C@@H](Cc2ccc3ccccc3c2)NC(=O)C=CCC(C)(C)N)n1. The fourth-order valence-electron chi connectivity index (χ4n) is 5.32. The van der Waals surface area contributed by atoms with Gasteiger partial charge in [0.1, 0.15) is 12.1 Å². The highest BCUT2D eigenvalue weighted by Gasteiger charge is 2.32. The minimum absolute atomic E-state index is 0.263. The van der Waals surface area contributed by atoms with Gasteiger partial charge >= 0.3 is 0 Å². The Morgan fingerprint density at radius 2 is 1.48 bits per heavy atom. The summed E-state index contributed by atoms with van der Waals surface area (Å²) in [4.78, 5) is 33.5. The van der Waals surface area contributed by atoms with Gasteiger partial charge in [-0.05, 0) is 65.9 Å². The van der Waals surface area contributed by atoms with Crippen molar-refractivity contribution in [1.82, 2.24) is 20.4 Å². The second-order valence-corrected chi connectivity index (χ2v) is 12.1. The summed E-state index contributed by atoms with van der Waals surface area (Å²) in [5, 5.41) is 11.4. The molecule has 3 N–H and O–H groups in total. The first-order valence-electron chi connectivity index (χ1n) is 14.8. The van der Waals surface area contributed by atoms with Gasteiger partial charge in [-0.15, -0.1) is 0 Å². The van der Waals surface area contributed by atoms with Crippen LogP contribution in [0.4, 0.5) is 0 Å². The number of benzene rings is 4. The van der Waals surface area contributed by atoms with Crippen LogP contribution in [0.15, 0.2) is 102 Å². The Labute approximate surface area is 257 Å². The highest BCUT2D eigenvalue weighted by Crippen LogP contribution is 2.27. The molecule has 0 saturated carbocycles. The minimum atomic E-state index is -0.840. The van der Waals surface area contributed by atoms with Gasteiger partial charge in [-0.25, -0.2) is 0 Å². The topological polar surface area (TPSA) is 114 Å². The minimum Gasteiger partial charge on any atom is -0.340 e. The molecule has 0 unspecified atom stereocenters. The second-order valence-electron chi connectivity index (χ2n) is 12.1. The van der Waals surface area contributed by atoms with Gasteiger partial charge in [0.15, 0.2) is 5.82 Å². The number of hydrogen-bond acceptors (Lipinski definition) is 6. The number of fused-ring (bicyclic) bond motifs is 2. The molecule has 2 amide bonds. The summed E-state index contributed by atoms with van der Waals surface area (Å²) in [7, 11) is 1.72. The molecule has 0 aliphatic rings. The fraction of sp³-hybridized carbons (Fsp3) is 0.278. The Kier molecular flexibility index (Phi) is 9.20. The molecule has 0 saturated heterocycles. The molecule has 2 atom stereocenters. The highest BCUT2D eigenvalue weighted by atomic mass is 16.5. The number of rotatable bonds is 11. The third-order valence-corrected chi connectivity index (χ3v) is 7.67. The molecule has 0 aliphatic heterocycles. The van der Waals surface area contributed by atoms with Crippen LogP contribution in [0.2, 0.25) is 0 Å².